The maximum atomic E-state index is 12.3. The number of nitrogens with one attached hydrogen (secondary N) is 1. The number of hydrogen-bond acceptors (Lipinski definition) is 2. The number of anilines is 1. The lowest BCUT2D eigenvalue weighted by molar-refractivity contribution is 0.102. The molecule has 0 heterocycles. The summed E-state index contributed by atoms with van der Waals surface area (Å²) in [7, 11) is 0. The highest BCUT2D eigenvalue weighted by molar-refractivity contribution is 6.04. The van der Waals surface area contributed by atoms with Gasteiger partial charge in [0, 0.05) is 16.8 Å². The molecule has 2 aromatic rings. The zero-order valence-corrected chi connectivity index (χ0v) is 12.2. The third kappa shape index (κ3) is 3.95. The van der Waals surface area contributed by atoms with Crippen LogP contribution in [-0.2, 0) is 0 Å². The minimum atomic E-state index is -0.142. The normalized spacial score (nSPS) is 9.67. The second-order valence-electron chi connectivity index (χ2n) is 4.86. The zero-order valence-electron chi connectivity index (χ0n) is 12.2. The van der Waals surface area contributed by atoms with Crippen LogP contribution in [0.4, 0.5) is 5.69 Å². The second-order valence-corrected chi connectivity index (χ2v) is 4.86. The molecule has 0 aliphatic heterocycles. The van der Waals surface area contributed by atoms with E-state index in [1.54, 1.807) is 12.1 Å². The van der Waals surface area contributed by atoms with E-state index in [4.69, 9.17) is 5.73 Å². The van der Waals surface area contributed by atoms with Gasteiger partial charge < -0.3 is 11.1 Å². The van der Waals surface area contributed by atoms with E-state index >= 15 is 0 Å². The van der Waals surface area contributed by atoms with Crippen LogP contribution in [0.1, 0.15) is 27.0 Å². The molecule has 3 nitrogen and oxygen atoms in total. The molecule has 0 radical (unpaired) electrons. The van der Waals surface area contributed by atoms with Gasteiger partial charge in [-0.3, -0.25) is 4.79 Å². The molecule has 0 bridgehead atoms. The van der Waals surface area contributed by atoms with Crippen LogP contribution in [0.2, 0.25) is 0 Å². The first-order valence-electron chi connectivity index (χ1n) is 6.78. The van der Waals surface area contributed by atoms with Crippen molar-refractivity contribution in [2.75, 3.05) is 11.9 Å². The topological polar surface area (TPSA) is 55.1 Å². The van der Waals surface area contributed by atoms with E-state index in [9.17, 15) is 4.79 Å². The number of benzene rings is 2. The molecule has 1 amide bonds. The minimum Gasteiger partial charge on any atom is -0.322 e. The Morgan fingerprint density at radius 3 is 2.71 bits per heavy atom. The monoisotopic (exact) mass is 278 g/mol. The largest absolute Gasteiger partial charge is 0.322 e. The Morgan fingerprint density at radius 2 is 2.00 bits per heavy atom. The lowest BCUT2D eigenvalue weighted by Crippen LogP contribution is -2.12. The number of hydrogen-bond donors (Lipinski definition) is 2. The Balaban J connectivity index is 2.23. The van der Waals surface area contributed by atoms with Crippen molar-refractivity contribution >= 4 is 11.6 Å². The van der Waals surface area contributed by atoms with Gasteiger partial charge in [-0.25, -0.2) is 0 Å². The minimum absolute atomic E-state index is 0.142. The molecule has 0 saturated heterocycles. The van der Waals surface area contributed by atoms with E-state index in [2.05, 4.69) is 17.2 Å². The van der Waals surface area contributed by atoms with Crippen molar-refractivity contribution in [2.45, 2.75) is 13.8 Å². The molecule has 0 fully saturated rings. The van der Waals surface area contributed by atoms with Crippen LogP contribution in [0.25, 0.3) is 0 Å². The van der Waals surface area contributed by atoms with Gasteiger partial charge in [-0.2, -0.15) is 0 Å². The molecule has 0 aromatic heterocycles. The van der Waals surface area contributed by atoms with Crippen LogP contribution in [0.5, 0.6) is 0 Å². The predicted molar refractivity (Wildman–Crippen MR) is 86.2 cm³/mol. The number of nitrogens with two attached hydrogens (primary N) is 1. The lowest BCUT2D eigenvalue weighted by atomic mass is 10.0. The molecule has 0 unspecified atom stereocenters. The van der Waals surface area contributed by atoms with E-state index in [0.717, 1.165) is 22.4 Å². The van der Waals surface area contributed by atoms with Gasteiger partial charge in [-0.15, -0.1) is 0 Å². The van der Waals surface area contributed by atoms with Crippen molar-refractivity contribution in [1.29, 1.82) is 0 Å². The fourth-order valence-electron chi connectivity index (χ4n) is 1.97. The smallest absolute Gasteiger partial charge is 0.255 e. The highest BCUT2D eigenvalue weighted by Crippen LogP contribution is 2.14. The molecule has 21 heavy (non-hydrogen) atoms. The lowest BCUT2D eigenvalue weighted by Gasteiger charge is -2.07. The Morgan fingerprint density at radius 1 is 1.19 bits per heavy atom. The average Bonchev–Trinajstić information content (AvgIpc) is 2.46. The summed E-state index contributed by atoms with van der Waals surface area (Å²) in [6.07, 6.45) is 0. The van der Waals surface area contributed by atoms with Crippen molar-refractivity contribution in [3.05, 3.63) is 64.7 Å². The summed E-state index contributed by atoms with van der Waals surface area (Å²) in [5.41, 5.74) is 9.73. The highest BCUT2D eigenvalue weighted by Gasteiger charge is 2.08. The van der Waals surface area contributed by atoms with Gasteiger partial charge in [-0.05, 0) is 49.2 Å². The van der Waals surface area contributed by atoms with Crippen LogP contribution in [-0.4, -0.2) is 12.5 Å². The first-order chi connectivity index (χ1) is 10.1. The number of carbonyl (C=O) groups is 1. The maximum Gasteiger partial charge on any atom is 0.255 e. The van der Waals surface area contributed by atoms with Crippen LogP contribution in [0, 0.1) is 25.7 Å². The molecule has 3 heteroatoms. The van der Waals surface area contributed by atoms with E-state index in [-0.39, 0.29) is 5.91 Å². The number of aryl methyl sites for hydroxylation is 2. The van der Waals surface area contributed by atoms with Crippen LogP contribution in [0.15, 0.2) is 42.5 Å². The van der Waals surface area contributed by atoms with Gasteiger partial charge in [-0.1, -0.05) is 30.0 Å². The molecule has 106 valence electrons. The molecule has 0 aliphatic rings. The molecular formula is C18H18N2O. The Labute approximate surface area is 125 Å². The Hall–Kier alpha value is -2.57. The van der Waals surface area contributed by atoms with E-state index < -0.39 is 0 Å². The fourth-order valence-corrected chi connectivity index (χ4v) is 1.97. The fraction of sp³-hybridized carbons (Fsp3) is 0.167. The summed E-state index contributed by atoms with van der Waals surface area (Å²) in [5, 5.41) is 2.89. The first kappa shape index (κ1) is 14.8. The van der Waals surface area contributed by atoms with Crippen molar-refractivity contribution in [3.8, 4) is 11.8 Å². The molecular weight excluding hydrogens is 260 g/mol. The van der Waals surface area contributed by atoms with Gasteiger partial charge in [0.25, 0.3) is 5.91 Å². The summed E-state index contributed by atoms with van der Waals surface area (Å²) in [6.45, 7) is 4.25. The van der Waals surface area contributed by atoms with Crippen LogP contribution < -0.4 is 11.1 Å². The van der Waals surface area contributed by atoms with E-state index in [1.807, 2.05) is 44.2 Å². The quantitative estimate of drug-likeness (QED) is 0.830. The highest BCUT2D eigenvalue weighted by atomic mass is 16.1. The molecule has 0 saturated carbocycles. The number of amides is 1. The Bertz CT molecular complexity index is 723. The molecule has 2 aromatic carbocycles. The molecule has 2 rings (SSSR count). The third-order valence-corrected chi connectivity index (χ3v) is 3.10. The first-order valence-corrected chi connectivity index (χ1v) is 6.78. The maximum absolute atomic E-state index is 12.3. The van der Waals surface area contributed by atoms with Crippen molar-refractivity contribution in [2.24, 2.45) is 5.73 Å². The molecule has 0 spiro atoms. The van der Waals surface area contributed by atoms with E-state index in [0.29, 0.717) is 12.1 Å². The van der Waals surface area contributed by atoms with Gasteiger partial charge in [0.15, 0.2) is 0 Å². The average molecular weight is 278 g/mol. The molecule has 0 aliphatic carbocycles. The zero-order chi connectivity index (χ0) is 15.2. The second kappa shape index (κ2) is 6.74. The van der Waals surface area contributed by atoms with Crippen molar-refractivity contribution in [3.63, 3.8) is 0 Å². The Kier molecular flexibility index (Phi) is 4.76. The molecule has 3 N–H and O–H groups in total. The summed E-state index contributed by atoms with van der Waals surface area (Å²) in [4.78, 5) is 12.3. The van der Waals surface area contributed by atoms with Crippen molar-refractivity contribution < 1.29 is 4.79 Å². The van der Waals surface area contributed by atoms with E-state index in [1.165, 1.54) is 0 Å². The summed E-state index contributed by atoms with van der Waals surface area (Å²) >= 11 is 0. The van der Waals surface area contributed by atoms with Gasteiger partial charge in [0.2, 0.25) is 0 Å². The SMILES string of the molecule is Cc1cccc(NC(=O)c2ccc(C)c(C#CCN)c2)c1. The van der Waals surface area contributed by atoms with Crippen LogP contribution in [0.3, 0.4) is 0 Å². The van der Waals surface area contributed by atoms with Gasteiger partial charge in [0.1, 0.15) is 0 Å². The summed E-state index contributed by atoms with van der Waals surface area (Å²) < 4.78 is 0. The molecule has 0 atom stereocenters. The summed E-state index contributed by atoms with van der Waals surface area (Å²) in [6, 6.07) is 13.2. The van der Waals surface area contributed by atoms with Crippen LogP contribution >= 0.6 is 0 Å². The predicted octanol–water partition coefficient (Wildman–Crippen LogP) is 2.87. The van der Waals surface area contributed by atoms with Crippen molar-refractivity contribution in [1.82, 2.24) is 0 Å². The third-order valence-electron chi connectivity index (χ3n) is 3.10. The van der Waals surface area contributed by atoms with Gasteiger partial charge >= 0.3 is 0 Å². The number of rotatable bonds is 2. The number of carbonyl (C=O) groups excluding carboxylic acids is 1. The van der Waals surface area contributed by atoms with Gasteiger partial charge in [0.05, 0.1) is 6.54 Å². The standard InChI is InChI=1S/C18H18N2O/c1-13-5-3-7-17(11-13)20-18(21)16-9-8-14(2)15(12-16)6-4-10-19/h3,5,7-9,11-12H,10,19H2,1-2H3,(H,20,21). The summed E-state index contributed by atoms with van der Waals surface area (Å²) in [5.74, 6) is 5.66.